The Morgan fingerprint density at radius 1 is 1.08 bits per heavy atom. The van der Waals surface area contributed by atoms with Gasteiger partial charge in [-0.1, -0.05) is 56.3 Å². The number of amides is 1. The lowest BCUT2D eigenvalue weighted by Crippen LogP contribution is -2.47. The molecule has 5 heteroatoms. The molecule has 0 aliphatic rings. The Morgan fingerprint density at radius 3 is 2.42 bits per heavy atom. The van der Waals surface area contributed by atoms with E-state index in [1.807, 2.05) is 56.3 Å². The van der Waals surface area contributed by atoms with Crippen LogP contribution in [0.3, 0.4) is 0 Å². The van der Waals surface area contributed by atoms with Crippen LogP contribution in [-0.2, 0) is 16.0 Å². The number of aliphatic carboxylic acids is 1. The van der Waals surface area contributed by atoms with Gasteiger partial charge in [-0.15, -0.1) is 0 Å². The third-order valence-electron chi connectivity index (χ3n) is 3.92. The molecular weight excluding hydrogens is 306 g/mol. The second-order valence-electron chi connectivity index (χ2n) is 6.39. The number of nitrogens with one attached hydrogen (secondary N) is 1. The van der Waals surface area contributed by atoms with E-state index in [2.05, 4.69) is 5.32 Å². The highest BCUT2D eigenvalue weighted by atomic mass is 16.4. The number of carboxylic acids is 1. The number of aliphatic hydroxyl groups excluding tert-OH is 1. The Kier molecular flexibility index (Phi) is 5.93. The van der Waals surface area contributed by atoms with Gasteiger partial charge in [-0.05, 0) is 28.7 Å². The highest BCUT2D eigenvalue weighted by Gasteiger charge is 2.25. The predicted octanol–water partition coefficient (Wildman–Crippen LogP) is 2.36. The number of benzene rings is 2. The Labute approximate surface area is 141 Å². The number of carbonyl (C=O) groups excluding carboxylic acids is 1. The summed E-state index contributed by atoms with van der Waals surface area (Å²) in [5, 5.41) is 23.7. The fraction of sp³-hybridized carbons (Fsp3) is 0.368. The average Bonchev–Trinajstić information content (AvgIpc) is 2.53. The molecule has 24 heavy (non-hydrogen) atoms. The van der Waals surface area contributed by atoms with Crippen molar-refractivity contribution in [3.8, 4) is 0 Å². The topological polar surface area (TPSA) is 86.6 Å². The number of fused-ring (bicyclic) bond motifs is 1. The van der Waals surface area contributed by atoms with Crippen molar-refractivity contribution in [1.82, 2.24) is 5.32 Å². The van der Waals surface area contributed by atoms with Crippen LogP contribution in [-0.4, -0.2) is 34.2 Å². The third-order valence-corrected chi connectivity index (χ3v) is 3.92. The standard InChI is InChI=1S/C19H23NO4/c1-12(2)10-17(21)18(22)20-16(19(23)24)11-14-8-5-7-13-6-3-4-9-15(13)14/h3-9,12,16-17,21H,10-11H2,1-2H3,(H,20,22)(H,23,24)/t16-,17-/m1/s1. The normalized spacial score (nSPS) is 13.7. The number of hydrogen-bond acceptors (Lipinski definition) is 3. The van der Waals surface area contributed by atoms with E-state index < -0.39 is 24.0 Å². The predicted molar refractivity (Wildman–Crippen MR) is 92.7 cm³/mol. The lowest BCUT2D eigenvalue weighted by molar-refractivity contribution is -0.143. The van der Waals surface area contributed by atoms with Crippen LogP contribution in [0.2, 0.25) is 0 Å². The number of carboxylic acid groups (broad SMARTS) is 1. The molecule has 0 heterocycles. The Hall–Kier alpha value is -2.40. The van der Waals surface area contributed by atoms with E-state index in [4.69, 9.17) is 0 Å². The summed E-state index contributed by atoms with van der Waals surface area (Å²) >= 11 is 0. The third kappa shape index (κ3) is 4.55. The molecule has 0 saturated heterocycles. The Balaban J connectivity index is 2.16. The maximum absolute atomic E-state index is 12.0. The number of carbonyl (C=O) groups is 2. The van der Waals surface area contributed by atoms with Crippen molar-refractivity contribution < 1.29 is 19.8 Å². The van der Waals surface area contributed by atoms with Crippen LogP contribution in [0.4, 0.5) is 0 Å². The Bertz CT molecular complexity index is 721. The van der Waals surface area contributed by atoms with Crippen LogP contribution in [0.5, 0.6) is 0 Å². The molecule has 2 aromatic rings. The lowest BCUT2D eigenvalue weighted by Gasteiger charge is -2.19. The van der Waals surface area contributed by atoms with Gasteiger partial charge < -0.3 is 15.5 Å². The van der Waals surface area contributed by atoms with Crippen molar-refractivity contribution in [1.29, 1.82) is 0 Å². The van der Waals surface area contributed by atoms with Crippen LogP contribution in [0.15, 0.2) is 42.5 Å². The van der Waals surface area contributed by atoms with Crippen LogP contribution in [0.1, 0.15) is 25.8 Å². The molecule has 3 N–H and O–H groups in total. The molecule has 0 spiro atoms. The van der Waals surface area contributed by atoms with Gasteiger partial charge in [-0.3, -0.25) is 4.79 Å². The lowest BCUT2D eigenvalue weighted by atomic mass is 9.98. The molecule has 0 aliphatic heterocycles. The second-order valence-corrected chi connectivity index (χ2v) is 6.39. The molecule has 0 bridgehead atoms. The van der Waals surface area contributed by atoms with Crippen LogP contribution < -0.4 is 5.32 Å². The van der Waals surface area contributed by atoms with E-state index in [1.54, 1.807) is 0 Å². The van der Waals surface area contributed by atoms with Crippen LogP contribution >= 0.6 is 0 Å². The summed E-state index contributed by atoms with van der Waals surface area (Å²) in [6.07, 6.45) is -0.733. The van der Waals surface area contributed by atoms with Gasteiger partial charge in [0.05, 0.1) is 0 Å². The summed E-state index contributed by atoms with van der Waals surface area (Å²) in [5.41, 5.74) is 0.846. The van der Waals surface area contributed by atoms with Gasteiger partial charge in [0.2, 0.25) is 5.91 Å². The van der Waals surface area contributed by atoms with Crippen LogP contribution in [0, 0.1) is 5.92 Å². The molecule has 2 atom stereocenters. The van der Waals surface area contributed by atoms with E-state index in [0.717, 1.165) is 16.3 Å². The van der Waals surface area contributed by atoms with Crippen molar-refractivity contribution in [2.75, 3.05) is 0 Å². The van der Waals surface area contributed by atoms with Crippen molar-refractivity contribution in [3.05, 3.63) is 48.0 Å². The monoisotopic (exact) mass is 329 g/mol. The average molecular weight is 329 g/mol. The van der Waals surface area contributed by atoms with Crippen molar-refractivity contribution in [3.63, 3.8) is 0 Å². The zero-order chi connectivity index (χ0) is 17.7. The van der Waals surface area contributed by atoms with Gasteiger partial charge in [-0.2, -0.15) is 0 Å². The van der Waals surface area contributed by atoms with E-state index in [-0.39, 0.29) is 12.3 Å². The number of rotatable bonds is 7. The molecule has 0 aromatic heterocycles. The first kappa shape index (κ1) is 17.9. The first-order chi connectivity index (χ1) is 11.4. The smallest absolute Gasteiger partial charge is 0.326 e. The largest absolute Gasteiger partial charge is 0.480 e. The highest BCUT2D eigenvalue weighted by Crippen LogP contribution is 2.20. The zero-order valence-corrected chi connectivity index (χ0v) is 13.9. The van der Waals surface area contributed by atoms with E-state index >= 15 is 0 Å². The molecule has 0 fully saturated rings. The summed E-state index contributed by atoms with van der Waals surface area (Å²) in [7, 11) is 0. The molecule has 2 aromatic carbocycles. The van der Waals surface area contributed by atoms with Crippen LogP contribution in [0.25, 0.3) is 10.8 Å². The SMILES string of the molecule is CC(C)C[C@@H](O)C(=O)N[C@H](Cc1cccc2ccccc12)C(=O)O. The molecule has 2 rings (SSSR count). The maximum Gasteiger partial charge on any atom is 0.326 e. The summed E-state index contributed by atoms with van der Waals surface area (Å²) in [6.45, 7) is 3.78. The number of hydrogen-bond donors (Lipinski definition) is 3. The minimum atomic E-state index is -1.20. The molecule has 0 saturated carbocycles. The van der Waals surface area contributed by atoms with Crippen molar-refractivity contribution in [2.45, 2.75) is 38.8 Å². The van der Waals surface area contributed by atoms with Gasteiger partial charge >= 0.3 is 5.97 Å². The van der Waals surface area contributed by atoms with Gasteiger partial charge in [0.1, 0.15) is 12.1 Å². The van der Waals surface area contributed by atoms with Gasteiger partial charge in [0, 0.05) is 6.42 Å². The van der Waals surface area contributed by atoms with Crippen molar-refractivity contribution >= 4 is 22.6 Å². The zero-order valence-electron chi connectivity index (χ0n) is 13.9. The molecule has 1 amide bonds. The first-order valence-electron chi connectivity index (χ1n) is 8.06. The fourth-order valence-corrected chi connectivity index (χ4v) is 2.71. The molecule has 5 nitrogen and oxygen atoms in total. The van der Waals surface area contributed by atoms with Gasteiger partial charge in [0.25, 0.3) is 0 Å². The summed E-state index contributed by atoms with van der Waals surface area (Å²) in [6, 6.07) is 12.3. The van der Waals surface area contributed by atoms with Gasteiger partial charge in [0.15, 0.2) is 0 Å². The molecular formula is C19H23NO4. The van der Waals surface area contributed by atoms with Crippen molar-refractivity contribution in [2.24, 2.45) is 5.92 Å². The van der Waals surface area contributed by atoms with E-state index in [9.17, 15) is 19.8 Å². The Morgan fingerprint density at radius 2 is 1.75 bits per heavy atom. The number of aliphatic hydroxyl groups is 1. The van der Waals surface area contributed by atoms with E-state index in [1.165, 1.54) is 0 Å². The quantitative estimate of drug-likeness (QED) is 0.728. The second kappa shape index (κ2) is 7.93. The molecule has 0 aliphatic carbocycles. The summed E-state index contributed by atoms with van der Waals surface area (Å²) in [5.74, 6) is -1.61. The maximum atomic E-state index is 12.0. The fourth-order valence-electron chi connectivity index (χ4n) is 2.71. The molecule has 128 valence electrons. The summed E-state index contributed by atoms with van der Waals surface area (Å²) in [4.78, 5) is 23.5. The van der Waals surface area contributed by atoms with Gasteiger partial charge in [-0.25, -0.2) is 4.79 Å². The van der Waals surface area contributed by atoms with E-state index in [0.29, 0.717) is 6.42 Å². The molecule has 0 unspecified atom stereocenters. The minimum Gasteiger partial charge on any atom is -0.480 e. The highest BCUT2D eigenvalue weighted by molar-refractivity contribution is 5.88. The minimum absolute atomic E-state index is 0.145. The summed E-state index contributed by atoms with van der Waals surface area (Å²) < 4.78 is 0. The first-order valence-corrected chi connectivity index (χ1v) is 8.06. The molecule has 0 radical (unpaired) electrons.